The molecule has 2 unspecified atom stereocenters. The zero-order valence-corrected chi connectivity index (χ0v) is 13.2. The van der Waals surface area contributed by atoms with Gasteiger partial charge < -0.3 is 26.2 Å². The first-order valence-corrected chi connectivity index (χ1v) is 7.17. The molecule has 0 rings (SSSR count). The number of amides is 1. The van der Waals surface area contributed by atoms with E-state index in [0.717, 1.165) is 0 Å². The van der Waals surface area contributed by atoms with Gasteiger partial charge in [-0.25, -0.2) is 4.79 Å². The quantitative estimate of drug-likeness (QED) is 0.238. The van der Waals surface area contributed by atoms with Crippen molar-refractivity contribution in [2.45, 2.75) is 31.3 Å². The van der Waals surface area contributed by atoms with Gasteiger partial charge in [0.25, 0.3) is 0 Å². The molecular formula is C11H19N3O5S2. The average molecular weight is 337 g/mol. The molecule has 0 saturated carbocycles. The second kappa shape index (κ2) is 10.2. The van der Waals surface area contributed by atoms with Crippen LogP contribution in [-0.4, -0.2) is 58.1 Å². The lowest BCUT2D eigenvalue weighted by Crippen LogP contribution is -2.50. The Kier molecular flexibility index (Phi) is 9.46. The minimum absolute atomic E-state index is 0.0377. The number of hydrogen-bond acceptors (Lipinski definition) is 5. The second-order valence-corrected chi connectivity index (χ2v) is 4.97. The third-order valence-corrected chi connectivity index (χ3v) is 3.19. The van der Waals surface area contributed by atoms with E-state index in [9.17, 15) is 14.4 Å². The van der Waals surface area contributed by atoms with Gasteiger partial charge in [-0.05, 0) is 18.6 Å². The molecule has 1 amide bonds. The van der Waals surface area contributed by atoms with Crippen molar-refractivity contribution in [1.82, 2.24) is 16.0 Å². The summed E-state index contributed by atoms with van der Waals surface area (Å²) in [5.74, 6) is -2.17. The Hall–Kier alpha value is -1.55. The van der Waals surface area contributed by atoms with Crippen molar-refractivity contribution in [2.75, 3.05) is 12.8 Å². The van der Waals surface area contributed by atoms with Gasteiger partial charge in [0, 0.05) is 31.7 Å². The number of thiocarbonyl (C=S) groups is 1. The highest BCUT2D eigenvalue weighted by molar-refractivity contribution is 7.80. The first-order chi connectivity index (χ1) is 9.79. The zero-order valence-electron chi connectivity index (χ0n) is 11.5. The van der Waals surface area contributed by atoms with Crippen LogP contribution in [0.1, 0.15) is 19.3 Å². The predicted octanol–water partition coefficient (Wildman–Crippen LogP) is -0.797. The van der Waals surface area contributed by atoms with E-state index in [1.165, 1.54) is 7.05 Å². The first-order valence-electron chi connectivity index (χ1n) is 6.13. The van der Waals surface area contributed by atoms with Crippen LogP contribution in [0, 0.1) is 0 Å². The number of carboxylic acids is 2. The molecule has 8 nitrogen and oxygen atoms in total. The van der Waals surface area contributed by atoms with Gasteiger partial charge in [0.1, 0.15) is 6.04 Å². The van der Waals surface area contributed by atoms with Crippen LogP contribution in [0.3, 0.4) is 0 Å². The van der Waals surface area contributed by atoms with E-state index < -0.39 is 18.0 Å². The summed E-state index contributed by atoms with van der Waals surface area (Å²) in [6.07, 6.45) is -0.261. The Labute approximate surface area is 133 Å². The third-order valence-electron chi connectivity index (χ3n) is 2.52. The predicted molar refractivity (Wildman–Crippen MR) is 83.5 cm³/mol. The van der Waals surface area contributed by atoms with Crippen molar-refractivity contribution in [3.05, 3.63) is 0 Å². The Morgan fingerprint density at radius 2 is 1.86 bits per heavy atom. The van der Waals surface area contributed by atoms with Gasteiger partial charge in [0.05, 0.1) is 0 Å². The average Bonchev–Trinajstić information content (AvgIpc) is 2.41. The van der Waals surface area contributed by atoms with Gasteiger partial charge in [-0.2, -0.15) is 12.6 Å². The molecule has 120 valence electrons. The topological polar surface area (TPSA) is 128 Å². The van der Waals surface area contributed by atoms with Crippen LogP contribution in [-0.2, 0) is 14.4 Å². The largest absolute Gasteiger partial charge is 0.481 e. The van der Waals surface area contributed by atoms with Crippen LogP contribution in [0.2, 0.25) is 0 Å². The van der Waals surface area contributed by atoms with E-state index in [1.54, 1.807) is 0 Å². The summed E-state index contributed by atoms with van der Waals surface area (Å²) >= 11 is 9.04. The van der Waals surface area contributed by atoms with Crippen LogP contribution in [0.4, 0.5) is 0 Å². The van der Waals surface area contributed by atoms with Gasteiger partial charge in [0.2, 0.25) is 5.91 Å². The molecule has 0 aromatic carbocycles. The minimum Gasteiger partial charge on any atom is -0.481 e. The molecule has 0 heterocycles. The molecular weight excluding hydrogens is 318 g/mol. The number of nitrogens with one attached hydrogen (secondary N) is 3. The number of carboxylic acid groups (broad SMARTS) is 2. The number of carbonyl (C=O) groups is 3. The van der Waals surface area contributed by atoms with E-state index in [-0.39, 0.29) is 36.3 Å². The molecule has 2 atom stereocenters. The van der Waals surface area contributed by atoms with E-state index in [0.29, 0.717) is 5.75 Å². The SMILES string of the molecule is CNC(=O)CC(CS)NC(=S)NC(CCC(=O)O)C(=O)O. The lowest BCUT2D eigenvalue weighted by atomic mass is 10.1. The first kappa shape index (κ1) is 19.4. The van der Waals surface area contributed by atoms with Gasteiger partial charge in [-0.15, -0.1) is 0 Å². The van der Waals surface area contributed by atoms with Gasteiger partial charge >= 0.3 is 11.9 Å². The zero-order chi connectivity index (χ0) is 16.4. The van der Waals surface area contributed by atoms with Crippen LogP contribution in [0.5, 0.6) is 0 Å². The summed E-state index contributed by atoms with van der Waals surface area (Å²) in [6, 6.07) is -1.47. The van der Waals surface area contributed by atoms with Gasteiger partial charge in [0.15, 0.2) is 5.11 Å². The maximum Gasteiger partial charge on any atom is 0.326 e. The Bertz CT molecular complexity index is 405. The molecule has 0 fully saturated rings. The highest BCUT2D eigenvalue weighted by Crippen LogP contribution is 2.00. The van der Waals surface area contributed by atoms with Crippen molar-refractivity contribution >= 4 is 47.8 Å². The minimum atomic E-state index is -1.20. The molecule has 0 aromatic heterocycles. The van der Waals surface area contributed by atoms with Crippen molar-refractivity contribution in [2.24, 2.45) is 0 Å². The number of rotatable bonds is 9. The van der Waals surface area contributed by atoms with E-state index in [2.05, 4.69) is 28.6 Å². The third kappa shape index (κ3) is 9.08. The monoisotopic (exact) mass is 337 g/mol. The Balaban J connectivity index is 4.43. The van der Waals surface area contributed by atoms with E-state index in [4.69, 9.17) is 22.4 Å². The van der Waals surface area contributed by atoms with Gasteiger partial charge in [-0.1, -0.05) is 0 Å². The van der Waals surface area contributed by atoms with Gasteiger partial charge in [-0.3, -0.25) is 9.59 Å². The molecule has 0 saturated heterocycles. The normalized spacial score (nSPS) is 12.9. The molecule has 0 radical (unpaired) electrons. The van der Waals surface area contributed by atoms with Crippen LogP contribution >= 0.6 is 24.8 Å². The van der Waals surface area contributed by atoms with E-state index >= 15 is 0 Å². The molecule has 10 heteroatoms. The molecule has 0 spiro atoms. The van der Waals surface area contributed by atoms with Crippen LogP contribution < -0.4 is 16.0 Å². The summed E-state index contributed by atoms with van der Waals surface area (Å²) in [6.45, 7) is 0. The summed E-state index contributed by atoms with van der Waals surface area (Å²) in [5, 5.41) is 25.3. The van der Waals surface area contributed by atoms with Crippen molar-refractivity contribution in [1.29, 1.82) is 0 Å². The molecule has 0 bridgehead atoms. The summed E-state index contributed by atoms with van der Waals surface area (Å²) in [7, 11) is 1.50. The van der Waals surface area contributed by atoms with Crippen molar-refractivity contribution in [3.63, 3.8) is 0 Å². The molecule has 0 aromatic rings. The van der Waals surface area contributed by atoms with Crippen LogP contribution in [0.25, 0.3) is 0 Å². The fourth-order valence-corrected chi connectivity index (χ4v) is 1.93. The summed E-state index contributed by atoms with van der Waals surface area (Å²) < 4.78 is 0. The standard InChI is InChI=1S/C11H19N3O5S2/c1-12-8(15)4-6(5-20)13-11(21)14-7(10(18)19)2-3-9(16)17/h6-7,20H,2-5H2,1H3,(H,12,15)(H,16,17)(H,18,19)(H2,13,14,21). The Morgan fingerprint density at radius 3 is 2.29 bits per heavy atom. The highest BCUT2D eigenvalue weighted by Gasteiger charge is 2.21. The van der Waals surface area contributed by atoms with Crippen LogP contribution in [0.15, 0.2) is 0 Å². The number of thiol groups is 1. The Morgan fingerprint density at radius 1 is 1.24 bits per heavy atom. The summed E-state index contributed by atoms with van der Waals surface area (Å²) in [5.41, 5.74) is 0. The molecule has 0 aliphatic heterocycles. The molecule has 21 heavy (non-hydrogen) atoms. The van der Waals surface area contributed by atoms with E-state index in [1.807, 2.05) is 0 Å². The fourth-order valence-electron chi connectivity index (χ4n) is 1.40. The number of carbonyl (C=O) groups excluding carboxylic acids is 1. The lowest BCUT2D eigenvalue weighted by Gasteiger charge is -2.21. The smallest absolute Gasteiger partial charge is 0.326 e. The fraction of sp³-hybridized carbons (Fsp3) is 0.636. The summed E-state index contributed by atoms with van der Waals surface area (Å²) in [4.78, 5) is 32.7. The maximum absolute atomic E-state index is 11.3. The van der Waals surface area contributed by atoms with Crippen molar-refractivity contribution in [3.8, 4) is 0 Å². The molecule has 5 N–H and O–H groups in total. The lowest BCUT2D eigenvalue weighted by molar-refractivity contribution is -0.140. The van der Waals surface area contributed by atoms with Crippen molar-refractivity contribution < 1.29 is 24.6 Å². The highest BCUT2D eigenvalue weighted by atomic mass is 32.1. The maximum atomic E-state index is 11.3. The number of hydrogen-bond donors (Lipinski definition) is 6. The second-order valence-electron chi connectivity index (χ2n) is 4.20. The molecule has 0 aliphatic rings. The number of aliphatic carboxylic acids is 2. The molecule has 0 aliphatic carbocycles.